The van der Waals surface area contributed by atoms with Crippen molar-refractivity contribution in [3.05, 3.63) is 83.4 Å². The lowest BCUT2D eigenvalue weighted by Gasteiger charge is -2.34. The van der Waals surface area contributed by atoms with Gasteiger partial charge in [0, 0.05) is 35.9 Å². The van der Waals surface area contributed by atoms with E-state index in [4.69, 9.17) is 22.0 Å². The van der Waals surface area contributed by atoms with E-state index >= 15 is 0 Å². The molecule has 1 fully saturated rings. The fourth-order valence-electron chi connectivity index (χ4n) is 4.26. The summed E-state index contributed by atoms with van der Waals surface area (Å²) in [7, 11) is 0. The first kappa shape index (κ1) is 21.6. The third kappa shape index (κ3) is 5.35. The molecule has 1 aliphatic heterocycles. The molecule has 160 valence electrons. The number of hydrogen-bond acceptors (Lipinski definition) is 5. The van der Waals surface area contributed by atoms with Crippen LogP contribution in [0.4, 0.5) is 0 Å². The lowest BCUT2D eigenvalue weighted by atomic mass is 9.82. The highest BCUT2D eigenvalue weighted by molar-refractivity contribution is 6.47. The van der Waals surface area contributed by atoms with Gasteiger partial charge in [0.15, 0.2) is 5.82 Å². The third-order valence-electron chi connectivity index (χ3n) is 6.10. The molecule has 1 aromatic carbocycles. The molecular formula is C25H28ClN5. The Morgan fingerprint density at radius 2 is 1.94 bits per heavy atom. The van der Waals surface area contributed by atoms with Crippen molar-refractivity contribution in [1.29, 1.82) is 5.41 Å². The van der Waals surface area contributed by atoms with Crippen LogP contribution in [0.1, 0.15) is 43.6 Å². The summed E-state index contributed by atoms with van der Waals surface area (Å²) in [5.74, 6) is 1.14. The molecule has 4 rings (SSSR count). The summed E-state index contributed by atoms with van der Waals surface area (Å²) in [5.41, 5.74) is 2.13. The Bertz CT molecular complexity index is 973. The maximum Gasteiger partial charge on any atom is 0.179 e. The molecule has 1 aromatic heterocycles. The van der Waals surface area contributed by atoms with Crippen LogP contribution in [0.3, 0.4) is 0 Å². The van der Waals surface area contributed by atoms with Gasteiger partial charge in [-0.2, -0.15) is 0 Å². The van der Waals surface area contributed by atoms with Gasteiger partial charge in [0.2, 0.25) is 0 Å². The topological polar surface area (TPSA) is 74.0 Å². The highest BCUT2D eigenvalue weighted by atomic mass is 35.5. The molecule has 0 saturated carbocycles. The molecule has 0 bridgehead atoms. The minimum atomic E-state index is -0.125. The van der Waals surface area contributed by atoms with Crippen LogP contribution in [0.25, 0.3) is 0 Å². The maximum atomic E-state index is 8.98. The number of benzene rings is 1. The van der Waals surface area contributed by atoms with Crippen LogP contribution in [-0.4, -0.2) is 34.0 Å². The van der Waals surface area contributed by atoms with Crippen molar-refractivity contribution in [3.63, 3.8) is 0 Å². The van der Waals surface area contributed by atoms with Gasteiger partial charge >= 0.3 is 0 Å². The SMILES string of the molecule is CC(N=C(C(=N)C1CCC(C2C=CC=CC2)NC1)c1ncccn1)c1ccc(Cl)cc1. The number of aliphatic imine (C=N–C) groups is 1. The molecule has 2 heterocycles. The third-order valence-corrected chi connectivity index (χ3v) is 6.35. The summed E-state index contributed by atoms with van der Waals surface area (Å²) < 4.78 is 0. The van der Waals surface area contributed by atoms with E-state index in [2.05, 4.69) is 39.6 Å². The Kier molecular flexibility index (Phi) is 7.05. The number of nitrogens with one attached hydrogen (secondary N) is 2. The largest absolute Gasteiger partial charge is 0.313 e. The van der Waals surface area contributed by atoms with Crippen molar-refractivity contribution in [2.24, 2.45) is 16.8 Å². The zero-order valence-electron chi connectivity index (χ0n) is 17.7. The Morgan fingerprint density at radius 1 is 1.16 bits per heavy atom. The minimum Gasteiger partial charge on any atom is -0.313 e. The molecule has 5 nitrogen and oxygen atoms in total. The molecule has 0 spiro atoms. The van der Waals surface area contributed by atoms with E-state index in [1.54, 1.807) is 18.5 Å². The number of aromatic nitrogens is 2. The highest BCUT2D eigenvalue weighted by Crippen LogP contribution is 2.27. The van der Waals surface area contributed by atoms with Gasteiger partial charge in [-0.25, -0.2) is 9.97 Å². The number of halogens is 1. The lowest BCUT2D eigenvalue weighted by molar-refractivity contribution is 0.306. The van der Waals surface area contributed by atoms with E-state index in [-0.39, 0.29) is 12.0 Å². The standard InChI is InChI=1S/C25H28ClN5/c1-17(18-8-11-21(26)12-9-18)31-24(25-28-14-5-15-29-25)23(27)20-10-13-22(30-16-20)19-6-3-2-4-7-19/h2-6,8-9,11-12,14-15,17,19-20,22,27,30H,7,10,13,16H2,1H3. The summed E-state index contributed by atoms with van der Waals surface area (Å²) in [5, 5.41) is 13.4. The first-order valence-electron chi connectivity index (χ1n) is 10.9. The summed E-state index contributed by atoms with van der Waals surface area (Å²) in [6, 6.07) is 9.81. The van der Waals surface area contributed by atoms with Gasteiger partial charge in [-0.15, -0.1) is 0 Å². The van der Waals surface area contributed by atoms with E-state index in [9.17, 15) is 0 Å². The van der Waals surface area contributed by atoms with Gasteiger partial charge in [-0.05, 0) is 55.9 Å². The Labute approximate surface area is 188 Å². The molecule has 31 heavy (non-hydrogen) atoms. The second-order valence-corrected chi connectivity index (χ2v) is 8.63. The first-order valence-corrected chi connectivity index (χ1v) is 11.3. The monoisotopic (exact) mass is 433 g/mol. The summed E-state index contributed by atoms with van der Waals surface area (Å²) in [6.45, 7) is 2.80. The molecular weight excluding hydrogens is 406 g/mol. The van der Waals surface area contributed by atoms with Crippen molar-refractivity contribution >= 4 is 23.0 Å². The molecule has 4 atom stereocenters. The quantitative estimate of drug-likeness (QED) is 0.615. The smallest absolute Gasteiger partial charge is 0.179 e. The average molecular weight is 434 g/mol. The molecule has 2 aromatic rings. The van der Waals surface area contributed by atoms with Gasteiger partial charge in [0.25, 0.3) is 0 Å². The Hall–Kier alpha value is -2.63. The van der Waals surface area contributed by atoms with Crippen LogP contribution < -0.4 is 5.32 Å². The minimum absolute atomic E-state index is 0.0966. The van der Waals surface area contributed by atoms with Gasteiger partial charge in [0.1, 0.15) is 5.71 Å². The van der Waals surface area contributed by atoms with Crippen molar-refractivity contribution in [1.82, 2.24) is 15.3 Å². The van der Waals surface area contributed by atoms with Gasteiger partial charge in [-0.3, -0.25) is 4.99 Å². The maximum absolute atomic E-state index is 8.98. The summed E-state index contributed by atoms with van der Waals surface area (Å²) in [4.78, 5) is 13.7. The van der Waals surface area contributed by atoms with Crippen LogP contribution in [0, 0.1) is 17.2 Å². The highest BCUT2D eigenvalue weighted by Gasteiger charge is 2.30. The van der Waals surface area contributed by atoms with E-state index in [0.29, 0.717) is 34.2 Å². The molecule has 1 aliphatic carbocycles. The lowest BCUT2D eigenvalue weighted by Crippen LogP contribution is -2.46. The van der Waals surface area contributed by atoms with E-state index < -0.39 is 0 Å². The first-order chi connectivity index (χ1) is 15.1. The molecule has 1 saturated heterocycles. The molecule has 0 radical (unpaired) electrons. The van der Waals surface area contributed by atoms with Crippen molar-refractivity contribution in [2.75, 3.05) is 6.54 Å². The van der Waals surface area contributed by atoms with Gasteiger partial charge in [-0.1, -0.05) is 48.0 Å². The fourth-order valence-corrected chi connectivity index (χ4v) is 4.39. The van der Waals surface area contributed by atoms with Crippen LogP contribution in [0.5, 0.6) is 0 Å². The predicted octanol–water partition coefficient (Wildman–Crippen LogP) is 5.20. The van der Waals surface area contributed by atoms with E-state index in [0.717, 1.165) is 31.4 Å². The molecule has 6 heteroatoms. The average Bonchev–Trinajstić information content (AvgIpc) is 2.83. The number of rotatable bonds is 6. The van der Waals surface area contributed by atoms with Crippen molar-refractivity contribution < 1.29 is 0 Å². The van der Waals surface area contributed by atoms with Crippen LogP contribution in [0.2, 0.25) is 5.02 Å². The molecule has 2 aliphatic rings. The molecule has 2 N–H and O–H groups in total. The van der Waals surface area contributed by atoms with Crippen LogP contribution >= 0.6 is 11.6 Å². The predicted molar refractivity (Wildman–Crippen MR) is 127 cm³/mol. The van der Waals surface area contributed by atoms with Crippen LogP contribution in [0.15, 0.2) is 72.0 Å². The zero-order valence-corrected chi connectivity index (χ0v) is 18.5. The number of piperidine rings is 1. The summed E-state index contributed by atoms with van der Waals surface area (Å²) in [6.07, 6.45) is 15.3. The fraction of sp³-hybridized carbons (Fsp3) is 0.360. The normalized spacial score (nSPS) is 24.7. The molecule has 4 unspecified atom stereocenters. The van der Waals surface area contributed by atoms with Gasteiger partial charge in [0.05, 0.1) is 11.8 Å². The number of nitrogens with zero attached hydrogens (tertiary/aromatic N) is 3. The number of hydrogen-bond donors (Lipinski definition) is 2. The Morgan fingerprint density at radius 3 is 2.58 bits per heavy atom. The van der Waals surface area contributed by atoms with Crippen molar-refractivity contribution in [2.45, 2.75) is 38.3 Å². The second-order valence-electron chi connectivity index (χ2n) is 8.19. The zero-order chi connectivity index (χ0) is 21.6. The van der Waals surface area contributed by atoms with E-state index in [1.807, 2.05) is 31.2 Å². The summed E-state index contributed by atoms with van der Waals surface area (Å²) >= 11 is 6.03. The van der Waals surface area contributed by atoms with E-state index in [1.165, 1.54) is 0 Å². The second kappa shape index (κ2) is 10.1. The van der Waals surface area contributed by atoms with Crippen molar-refractivity contribution in [3.8, 4) is 0 Å². The number of allylic oxidation sites excluding steroid dienone is 3. The van der Waals surface area contributed by atoms with Crippen LogP contribution in [-0.2, 0) is 0 Å². The molecule has 0 amide bonds. The Balaban J connectivity index is 1.52. The van der Waals surface area contributed by atoms with Gasteiger partial charge < -0.3 is 10.7 Å².